The molecule has 1 aromatic rings. The number of carbonyl (C=O) groups is 3. The monoisotopic (exact) mass is 279 g/mol. The summed E-state index contributed by atoms with van der Waals surface area (Å²) in [5.74, 6) is -2.93. The maximum absolute atomic E-state index is 12.1. The molecule has 2 rings (SSSR count). The van der Waals surface area contributed by atoms with E-state index in [4.69, 9.17) is 10.2 Å². The molecule has 0 spiro atoms. The predicted octanol–water partition coefficient (Wildman–Crippen LogP) is 0.666. The molecule has 1 amide bonds. The highest BCUT2D eigenvalue weighted by atomic mass is 16.4. The summed E-state index contributed by atoms with van der Waals surface area (Å²) < 4.78 is 0. The van der Waals surface area contributed by atoms with E-state index in [1.165, 1.54) is 12.1 Å². The van der Waals surface area contributed by atoms with Gasteiger partial charge in [-0.25, -0.2) is 4.79 Å². The molecule has 0 unspecified atom stereocenters. The first kappa shape index (κ1) is 13.9. The predicted molar refractivity (Wildman–Crippen MR) is 66.3 cm³/mol. The maximum Gasteiger partial charge on any atom is 0.326 e. The van der Waals surface area contributed by atoms with Crippen molar-refractivity contribution >= 4 is 17.8 Å². The molecular formula is C13H13NO6. The second-order valence-electron chi connectivity index (χ2n) is 4.56. The molecule has 7 nitrogen and oxygen atoms in total. The summed E-state index contributed by atoms with van der Waals surface area (Å²) in [6.07, 6.45) is -0.487. The quantitative estimate of drug-likeness (QED) is 0.729. The first-order chi connectivity index (χ1) is 9.40. The lowest BCUT2D eigenvalue weighted by Gasteiger charge is -2.23. The highest BCUT2D eigenvalue weighted by Gasteiger charge is 2.36. The van der Waals surface area contributed by atoms with Gasteiger partial charge in [0.25, 0.3) is 5.91 Å². The minimum Gasteiger partial charge on any atom is -0.508 e. The van der Waals surface area contributed by atoms with E-state index in [1.54, 1.807) is 6.07 Å². The minimum absolute atomic E-state index is 0.0728. The molecule has 0 saturated heterocycles. The normalized spacial score (nSPS) is 15.0. The van der Waals surface area contributed by atoms with Gasteiger partial charge in [0.05, 0.1) is 0 Å². The van der Waals surface area contributed by atoms with Crippen molar-refractivity contribution in [3.63, 3.8) is 0 Å². The van der Waals surface area contributed by atoms with E-state index < -0.39 is 23.9 Å². The third-order valence-electron chi connectivity index (χ3n) is 3.22. The number of carboxylic acids is 2. The van der Waals surface area contributed by atoms with E-state index in [0.29, 0.717) is 5.56 Å². The fourth-order valence-corrected chi connectivity index (χ4v) is 2.24. The number of aliphatic carboxylic acids is 2. The van der Waals surface area contributed by atoms with E-state index in [-0.39, 0.29) is 30.7 Å². The lowest BCUT2D eigenvalue weighted by atomic mass is 10.1. The van der Waals surface area contributed by atoms with Gasteiger partial charge < -0.3 is 20.2 Å². The zero-order chi connectivity index (χ0) is 14.9. The number of carboxylic acid groups (broad SMARTS) is 2. The Bertz CT molecular complexity index is 582. The van der Waals surface area contributed by atoms with Gasteiger partial charge in [-0.3, -0.25) is 9.59 Å². The molecule has 1 aliphatic rings. The van der Waals surface area contributed by atoms with Gasteiger partial charge in [0.1, 0.15) is 11.8 Å². The summed E-state index contributed by atoms with van der Waals surface area (Å²) >= 11 is 0. The summed E-state index contributed by atoms with van der Waals surface area (Å²) in [4.78, 5) is 35.0. The highest BCUT2D eigenvalue weighted by molar-refractivity contribution is 6.00. The molecule has 1 aromatic carbocycles. The zero-order valence-corrected chi connectivity index (χ0v) is 10.4. The van der Waals surface area contributed by atoms with Gasteiger partial charge >= 0.3 is 11.9 Å². The van der Waals surface area contributed by atoms with Gasteiger partial charge in [-0.2, -0.15) is 0 Å². The Morgan fingerprint density at radius 3 is 2.60 bits per heavy atom. The molecule has 1 atom stereocenters. The average Bonchev–Trinajstić information content (AvgIpc) is 2.67. The number of hydrogen-bond acceptors (Lipinski definition) is 4. The third kappa shape index (κ3) is 2.56. The van der Waals surface area contributed by atoms with Crippen LogP contribution in [0, 0.1) is 0 Å². The topological polar surface area (TPSA) is 115 Å². The van der Waals surface area contributed by atoms with E-state index in [2.05, 4.69) is 0 Å². The number of benzene rings is 1. The van der Waals surface area contributed by atoms with Crippen LogP contribution < -0.4 is 0 Å². The summed E-state index contributed by atoms with van der Waals surface area (Å²) in [7, 11) is 0. The van der Waals surface area contributed by atoms with Gasteiger partial charge in [0, 0.05) is 18.5 Å². The number of amides is 1. The number of rotatable bonds is 5. The van der Waals surface area contributed by atoms with Crippen molar-refractivity contribution in [2.24, 2.45) is 0 Å². The molecule has 0 saturated carbocycles. The van der Waals surface area contributed by atoms with Crippen LogP contribution in [-0.2, 0) is 16.1 Å². The Labute approximate surface area is 114 Å². The average molecular weight is 279 g/mol. The number of fused-ring (bicyclic) bond motifs is 1. The smallest absolute Gasteiger partial charge is 0.326 e. The molecule has 0 aliphatic carbocycles. The van der Waals surface area contributed by atoms with E-state index in [0.717, 1.165) is 4.90 Å². The molecule has 1 heterocycles. The molecule has 7 heteroatoms. The maximum atomic E-state index is 12.1. The number of phenolic OH excluding ortho intramolecular Hbond substituents is 1. The first-order valence-electron chi connectivity index (χ1n) is 5.97. The second kappa shape index (κ2) is 5.20. The van der Waals surface area contributed by atoms with Crippen LogP contribution >= 0.6 is 0 Å². The van der Waals surface area contributed by atoms with Gasteiger partial charge in [-0.1, -0.05) is 6.07 Å². The highest BCUT2D eigenvalue weighted by Crippen LogP contribution is 2.28. The van der Waals surface area contributed by atoms with Crippen LogP contribution in [0.2, 0.25) is 0 Å². The fourth-order valence-electron chi connectivity index (χ4n) is 2.24. The molecule has 0 aromatic heterocycles. The van der Waals surface area contributed by atoms with Crippen molar-refractivity contribution in [3.8, 4) is 5.75 Å². The Morgan fingerprint density at radius 1 is 1.30 bits per heavy atom. The van der Waals surface area contributed by atoms with Gasteiger partial charge in [-0.05, 0) is 24.1 Å². The number of phenols is 1. The summed E-state index contributed by atoms with van der Waals surface area (Å²) in [5.41, 5.74) is 0.876. The lowest BCUT2D eigenvalue weighted by molar-refractivity contribution is -0.143. The van der Waals surface area contributed by atoms with Crippen molar-refractivity contribution < 1.29 is 29.7 Å². The minimum atomic E-state index is -1.24. The molecule has 0 radical (unpaired) electrons. The molecule has 106 valence electrons. The van der Waals surface area contributed by atoms with E-state index in [9.17, 15) is 19.5 Å². The molecular weight excluding hydrogens is 266 g/mol. The number of hydrogen-bond donors (Lipinski definition) is 3. The Balaban J connectivity index is 2.23. The summed E-state index contributed by atoms with van der Waals surface area (Å²) in [6, 6.07) is 3.07. The number of carbonyl (C=O) groups excluding carboxylic acids is 1. The van der Waals surface area contributed by atoms with Crippen molar-refractivity contribution in [2.75, 3.05) is 0 Å². The lowest BCUT2D eigenvalue weighted by Crippen LogP contribution is -2.41. The zero-order valence-electron chi connectivity index (χ0n) is 10.4. The molecule has 0 fully saturated rings. The number of nitrogens with zero attached hydrogens (tertiary/aromatic N) is 1. The van der Waals surface area contributed by atoms with Crippen molar-refractivity contribution in [1.29, 1.82) is 0 Å². The first-order valence-corrected chi connectivity index (χ1v) is 5.97. The largest absolute Gasteiger partial charge is 0.508 e. The van der Waals surface area contributed by atoms with Crippen molar-refractivity contribution in [2.45, 2.75) is 25.4 Å². The van der Waals surface area contributed by atoms with Gasteiger partial charge in [-0.15, -0.1) is 0 Å². The van der Waals surface area contributed by atoms with Crippen LogP contribution in [0.1, 0.15) is 28.8 Å². The fraction of sp³-hybridized carbons (Fsp3) is 0.308. The standard InChI is InChI=1S/C13H13NO6/c15-8-2-1-7-6-14(12(18)9(7)5-8)10(13(19)20)3-4-11(16)17/h1-2,5,10,15H,3-4,6H2,(H,16,17)(H,19,20)/t10-/m0/s1. The van der Waals surface area contributed by atoms with Crippen LogP contribution in [0.3, 0.4) is 0 Å². The van der Waals surface area contributed by atoms with Gasteiger partial charge in [0.2, 0.25) is 0 Å². The van der Waals surface area contributed by atoms with Crippen LogP contribution in [0.15, 0.2) is 18.2 Å². The SMILES string of the molecule is O=C(O)CC[C@@H](C(=O)O)N1Cc2ccc(O)cc2C1=O. The molecule has 20 heavy (non-hydrogen) atoms. The molecule has 3 N–H and O–H groups in total. The van der Waals surface area contributed by atoms with Crippen LogP contribution in [-0.4, -0.2) is 44.1 Å². The van der Waals surface area contributed by atoms with Crippen LogP contribution in [0.5, 0.6) is 5.75 Å². The Kier molecular flexibility index (Phi) is 3.60. The van der Waals surface area contributed by atoms with Crippen molar-refractivity contribution in [3.05, 3.63) is 29.3 Å². The Hall–Kier alpha value is -2.57. The van der Waals surface area contributed by atoms with Crippen molar-refractivity contribution in [1.82, 2.24) is 4.90 Å². The Morgan fingerprint density at radius 2 is 2.00 bits per heavy atom. The van der Waals surface area contributed by atoms with Crippen LogP contribution in [0.25, 0.3) is 0 Å². The van der Waals surface area contributed by atoms with E-state index >= 15 is 0 Å². The molecule has 1 aliphatic heterocycles. The summed E-state index contributed by atoms with van der Waals surface area (Å²) in [5, 5.41) is 27.2. The van der Waals surface area contributed by atoms with Gasteiger partial charge in [0.15, 0.2) is 0 Å². The molecule has 0 bridgehead atoms. The second-order valence-corrected chi connectivity index (χ2v) is 4.56. The summed E-state index contributed by atoms with van der Waals surface area (Å²) in [6.45, 7) is 0.102. The third-order valence-corrected chi connectivity index (χ3v) is 3.22. The number of aromatic hydroxyl groups is 1. The van der Waals surface area contributed by atoms with Crippen LogP contribution in [0.4, 0.5) is 0 Å². The van der Waals surface area contributed by atoms with E-state index in [1.807, 2.05) is 0 Å².